The van der Waals surface area contributed by atoms with Gasteiger partial charge in [-0.05, 0) is 25.0 Å². The van der Waals surface area contributed by atoms with Crippen molar-refractivity contribution in [3.63, 3.8) is 0 Å². The van der Waals surface area contributed by atoms with E-state index in [1.165, 1.54) is 6.92 Å². The Morgan fingerprint density at radius 2 is 2.09 bits per heavy atom. The third-order valence-corrected chi connectivity index (χ3v) is 4.05. The van der Waals surface area contributed by atoms with Crippen LogP contribution in [0.15, 0.2) is 28.9 Å². The van der Waals surface area contributed by atoms with Gasteiger partial charge < -0.3 is 15.5 Å². The topological polar surface area (TPSA) is 90.9 Å². The standard InChI is InChI=1S/C15H18N4O3/c1-9(20)16-11-4-6-19(7-5-11)14(21)10-2-3-12-13(8-10)18-15(22)17-12/h2-3,8,10-11H,4-7H2,1H3,(H,16,20)(H,18,22). The van der Waals surface area contributed by atoms with Gasteiger partial charge in [-0.2, -0.15) is 4.99 Å². The van der Waals surface area contributed by atoms with Crippen LogP contribution in [0.3, 0.4) is 0 Å². The van der Waals surface area contributed by atoms with Gasteiger partial charge in [0.25, 0.3) is 0 Å². The van der Waals surface area contributed by atoms with E-state index in [9.17, 15) is 14.4 Å². The zero-order chi connectivity index (χ0) is 15.7. The molecule has 7 heteroatoms. The molecule has 3 aliphatic rings. The minimum atomic E-state index is -0.393. The van der Waals surface area contributed by atoms with Crippen molar-refractivity contribution < 1.29 is 14.4 Å². The molecule has 116 valence electrons. The van der Waals surface area contributed by atoms with Gasteiger partial charge in [0.2, 0.25) is 11.8 Å². The number of nitrogens with one attached hydrogen (secondary N) is 2. The Kier molecular flexibility index (Phi) is 3.79. The normalized spacial score (nSPS) is 24.3. The molecule has 0 aromatic heterocycles. The summed E-state index contributed by atoms with van der Waals surface area (Å²) >= 11 is 0. The number of likely N-dealkylation sites (tertiary alicyclic amines) is 1. The molecule has 3 rings (SSSR count). The van der Waals surface area contributed by atoms with E-state index in [0.29, 0.717) is 24.5 Å². The molecule has 1 atom stereocenters. The van der Waals surface area contributed by atoms with Crippen molar-refractivity contribution in [3.05, 3.63) is 23.9 Å². The van der Waals surface area contributed by atoms with Gasteiger partial charge >= 0.3 is 6.03 Å². The minimum absolute atomic E-state index is 0.0187. The molecule has 1 aliphatic carbocycles. The summed E-state index contributed by atoms with van der Waals surface area (Å²) in [6.45, 7) is 2.76. The van der Waals surface area contributed by atoms with Crippen LogP contribution < -0.4 is 10.6 Å². The van der Waals surface area contributed by atoms with Gasteiger partial charge in [-0.3, -0.25) is 9.59 Å². The molecule has 1 unspecified atom stereocenters. The number of nitrogens with zero attached hydrogens (tertiary/aromatic N) is 2. The monoisotopic (exact) mass is 302 g/mol. The molecule has 0 radical (unpaired) electrons. The van der Waals surface area contributed by atoms with Crippen LogP contribution in [0.25, 0.3) is 0 Å². The summed E-state index contributed by atoms with van der Waals surface area (Å²) in [6.07, 6.45) is 6.75. The Labute approximate surface area is 128 Å². The lowest BCUT2D eigenvalue weighted by molar-refractivity contribution is -0.133. The van der Waals surface area contributed by atoms with E-state index < -0.39 is 6.03 Å². The number of carbonyl (C=O) groups excluding carboxylic acids is 3. The molecule has 0 saturated carbocycles. The van der Waals surface area contributed by atoms with Gasteiger partial charge in [0, 0.05) is 26.1 Å². The van der Waals surface area contributed by atoms with Crippen LogP contribution in [0, 0.1) is 5.92 Å². The highest BCUT2D eigenvalue weighted by atomic mass is 16.2. The molecule has 2 aliphatic heterocycles. The lowest BCUT2D eigenvalue weighted by atomic mass is 9.96. The number of aliphatic imine (C=N–C) groups is 1. The lowest BCUT2D eigenvalue weighted by Crippen LogP contribution is -2.47. The zero-order valence-electron chi connectivity index (χ0n) is 12.3. The quantitative estimate of drug-likeness (QED) is 0.771. The number of piperidine rings is 1. The summed E-state index contributed by atoms with van der Waals surface area (Å²) in [7, 11) is 0. The third kappa shape index (κ3) is 2.93. The third-order valence-electron chi connectivity index (χ3n) is 4.05. The highest BCUT2D eigenvalue weighted by Gasteiger charge is 2.30. The fourth-order valence-corrected chi connectivity index (χ4v) is 2.96. The first kappa shape index (κ1) is 14.5. The first-order valence-electron chi connectivity index (χ1n) is 7.39. The van der Waals surface area contributed by atoms with Crippen LogP contribution >= 0.6 is 0 Å². The van der Waals surface area contributed by atoms with Crippen LogP contribution in [0.4, 0.5) is 4.79 Å². The molecule has 2 heterocycles. The maximum atomic E-state index is 12.5. The smallest absolute Gasteiger partial charge is 0.346 e. The molecule has 22 heavy (non-hydrogen) atoms. The van der Waals surface area contributed by atoms with Crippen molar-refractivity contribution in [2.75, 3.05) is 13.1 Å². The van der Waals surface area contributed by atoms with Crippen LogP contribution in [0.1, 0.15) is 19.8 Å². The maximum Gasteiger partial charge on any atom is 0.346 e. The van der Waals surface area contributed by atoms with E-state index in [1.54, 1.807) is 18.2 Å². The van der Waals surface area contributed by atoms with Gasteiger partial charge in [-0.1, -0.05) is 6.08 Å². The van der Waals surface area contributed by atoms with E-state index in [-0.39, 0.29) is 23.8 Å². The van der Waals surface area contributed by atoms with Gasteiger partial charge in [0.15, 0.2) is 0 Å². The second-order valence-electron chi connectivity index (χ2n) is 5.69. The molecule has 0 spiro atoms. The molecule has 0 aromatic rings. The van der Waals surface area contributed by atoms with Crippen molar-refractivity contribution >= 4 is 23.6 Å². The minimum Gasteiger partial charge on any atom is -0.353 e. The Morgan fingerprint density at radius 3 is 2.77 bits per heavy atom. The largest absolute Gasteiger partial charge is 0.353 e. The number of fused-ring (bicyclic) bond motifs is 1. The van der Waals surface area contributed by atoms with Gasteiger partial charge in [-0.15, -0.1) is 0 Å². The predicted octanol–water partition coefficient (Wildman–Crippen LogP) is 0.348. The number of amides is 4. The van der Waals surface area contributed by atoms with Crippen molar-refractivity contribution in [1.82, 2.24) is 15.5 Å². The average Bonchev–Trinajstić information content (AvgIpc) is 2.85. The molecular weight excluding hydrogens is 284 g/mol. The number of urea groups is 1. The summed E-state index contributed by atoms with van der Waals surface area (Å²) in [6, 6.07) is -0.246. The highest BCUT2D eigenvalue weighted by molar-refractivity contribution is 6.19. The molecule has 7 nitrogen and oxygen atoms in total. The highest BCUT2D eigenvalue weighted by Crippen LogP contribution is 2.21. The summed E-state index contributed by atoms with van der Waals surface area (Å²) in [4.78, 5) is 40.4. The number of allylic oxidation sites excluding steroid dienone is 1. The van der Waals surface area contributed by atoms with E-state index >= 15 is 0 Å². The Bertz CT molecular complexity index is 612. The molecule has 2 N–H and O–H groups in total. The predicted molar refractivity (Wildman–Crippen MR) is 80.1 cm³/mol. The van der Waals surface area contributed by atoms with Gasteiger partial charge in [0.05, 0.1) is 17.3 Å². The van der Waals surface area contributed by atoms with Crippen LogP contribution in [-0.2, 0) is 9.59 Å². The fourth-order valence-electron chi connectivity index (χ4n) is 2.96. The van der Waals surface area contributed by atoms with Crippen molar-refractivity contribution in [3.8, 4) is 0 Å². The maximum absolute atomic E-state index is 12.5. The Balaban J connectivity index is 1.60. The Hall–Kier alpha value is -2.44. The van der Waals surface area contributed by atoms with E-state index in [1.807, 2.05) is 4.90 Å². The summed E-state index contributed by atoms with van der Waals surface area (Å²) < 4.78 is 0. The SMILES string of the molecule is CC(=O)NC1CCN(C(=O)C2C=CC3=NC(=O)NC3=C2)CC1. The Morgan fingerprint density at radius 1 is 1.36 bits per heavy atom. The van der Waals surface area contributed by atoms with Crippen molar-refractivity contribution in [1.29, 1.82) is 0 Å². The molecule has 4 amide bonds. The van der Waals surface area contributed by atoms with E-state index in [2.05, 4.69) is 15.6 Å². The number of hydrogen-bond acceptors (Lipinski definition) is 3. The van der Waals surface area contributed by atoms with Crippen molar-refractivity contribution in [2.45, 2.75) is 25.8 Å². The van der Waals surface area contributed by atoms with Gasteiger partial charge in [0.1, 0.15) is 0 Å². The zero-order valence-corrected chi connectivity index (χ0v) is 12.3. The number of carbonyl (C=O) groups is 3. The molecule has 0 aromatic carbocycles. The molecule has 0 bridgehead atoms. The second kappa shape index (κ2) is 5.75. The molecule has 1 saturated heterocycles. The van der Waals surface area contributed by atoms with Crippen LogP contribution in [0.5, 0.6) is 0 Å². The van der Waals surface area contributed by atoms with E-state index in [4.69, 9.17) is 0 Å². The second-order valence-corrected chi connectivity index (χ2v) is 5.69. The van der Waals surface area contributed by atoms with Gasteiger partial charge in [-0.25, -0.2) is 4.79 Å². The van der Waals surface area contributed by atoms with Crippen molar-refractivity contribution in [2.24, 2.45) is 10.9 Å². The fraction of sp³-hybridized carbons (Fsp3) is 0.467. The lowest BCUT2D eigenvalue weighted by Gasteiger charge is -2.33. The number of hydrogen-bond donors (Lipinski definition) is 2. The van der Waals surface area contributed by atoms with E-state index in [0.717, 1.165) is 12.8 Å². The summed E-state index contributed by atoms with van der Waals surface area (Å²) in [5.41, 5.74) is 1.19. The molecular formula is C15H18N4O3. The van der Waals surface area contributed by atoms with Crippen LogP contribution in [0.2, 0.25) is 0 Å². The van der Waals surface area contributed by atoms with Crippen LogP contribution in [-0.4, -0.2) is 47.6 Å². The first-order chi connectivity index (χ1) is 10.5. The first-order valence-corrected chi connectivity index (χ1v) is 7.39. The summed E-state index contributed by atoms with van der Waals surface area (Å²) in [5, 5.41) is 5.51. The average molecular weight is 302 g/mol. The molecule has 1 fully saturated rings. The number of rotatable bonds is 2. The summed E-state index contributed by atoms with van der Waals surface area (Å²) in [5.74, 6) is -0.386.